The fourth-order valence-corrected chi connectivity index (χ4v) is 3.90. The number of nitrogens with two attached hydrogens (primary N) is 1. The molecular formula is C15H20BrN3S. The van der Waals surface area contributed by atoms with E-state index in [1.165, 1.54) is 10.4 Å². The molecule has 2 aromatic heterocycles. The van der Waals surface area contributed by atoms with Crippen LogP contribution in [0.2, 0.25) is 0 Å². The van der Waals surface area contributed by atoms with Crippen molar-refractivity contribution < 1.29 is 0 Å². The Labute approximate surface area is 133 Å². The monoisotopic (exact) mass is 353 g/mol. The lowest BCUT2D eigenvalue weighted by Crippen LogP contribution is -2.38. The fraction of sp³-hybridized carbons (Fsp3) is 0.400. The van der Waals surface area contributed by atoms with Gasteiger partial charge in [-0.3, -0.25) is 9.88 Å². The van der Waals surface area contributed by atoms with E-state index in [9.17, 15) is 0 Å². The Balaban J connectivity index is 2.18. The van der Waals surface area contributed by atoms with Gasteiger partial charge in [-0.2, -0.15) is 0 Å². The van der Waals surface area contributed by atoms with Gasteiger partial charge in [0, 0.05) is 39.7 Å². The third-order valence-electron chi connectivity index (χ3n) is 3.40. The average Bonchev–Trinajstić information content (AvgIpc) is 2.85. The highest BCUT2D eigenvalue weighted by molar-refractivity contribution is 9.10. The largest absolute Gasteiger partial charge is 0.326 e. The van der Waals surface area contributed by atoms with E-state index in [0.29, 0.717) is 0 Å². The van der Waals surface area contributed by atoms with Crippen LogP contribution in [0.5, 0.6) is 0 Å². The Kier molecular flexibility index (Phi) is 5.72. The number of pyridine rings is 1. The summed E-state index contributed by atoms with van der Waals surface area (Å²) in [5.41, 5.74) is 7.51. The lowest BCUT2D eigenvalue weighted by Gasteiger charge is -2.32. The fourth-order valence-electron chi connectivity index (χ4n) is 2.38. The highest BCUT2D eigenvalue weighted by Crippen LogP contribution is 2.27. The minimum absolute atomic E-state index is 0.104. The maximum atomic E-state index is 6.33. The summed E-state index contributed by atoms with van der Waals surface area (Å²) < 4.78 is 1.14. The van der Waals surface area contributed by atoms with Crippen LogP contribution in [-0.4, -0.2) is 23.0 Å². The average molecular weight is 354 g/mol. The number of halogens is 1. The first-order valence-corrected chi connectivity index (χ1v) is 8.37. The van der Waals surface area contributed by atoms with E-state index in [0.717, 1.165) is 17.4 Å². The predicted molar refractivity (Wildman–Crippen MR) is 88.7 cm³/mol. The molecule has 2 N–H and O–H groups in total. The van der Waals surface area contributed by atoms with Gasteiger partial charge in [0.25, 0.3) is 0 Å². The molecule has 2 heterocycles. The van der Waals surface area contributed by atoms with Crippen LogP contribution in [0.15, 0.2) is 40.4 Å². The number of nitrogens with zero attached hydrogens (tertiary/aromatic N) is 2. The van der Waals surface area contributed by atoms with Crippen molar-refractivity contribution in [3.63, 3.8) is 0 Å². The summed E-state index contributed by atoms with van der Waals surface area (Å²) in [5.74, 6) is 0. The third-order valence-corrected chi connectivity index (χ3v) is 5.09. The van der Waals surface area contributed by atoms with Crippen LogP contribution < -0.4 is 5.73 Å². The lowest BCUT2D eigenvalue weighted by atomic mass is 9.98. The van der Waals surface area contributed by atoms with E-state index in [2.05, 4.69) is 57.3 Å². The Bertz CT molecular complexity index is 529. The van der Waals surface area contributed by atoms with E-state index < -0.39 is 0 Å². The molecule has 2 atom stereocenters. The minimum Gasteiger partial charge on any atom is -0.326 e. The minimum atomic E-state index is 0.104. The van der Waals surface area contributed by atoms with Gasteiger partial charge in [0.2, 0.25) is 0 Å². The lowest BCUT2D eigenvalue weighted by molar-refractivity contribution is 0.203. The van der Waals surface area contributed by atoms with Crippen LogP contribution in [0.1, 0.15) is 29.8 Å². The molecular weight excluding hydrogens is 334 g/mol. The Hall–Kier alpha value is -0.750. The van der Waals surface area contributed by atoms with Crippen molar-refractivity contribution in [1.29, 1.82) is 0 Å². The molecule has 0 fully saturated rings. The number of hydrogen-bond acceptors (Lipinski definition) is 4. The molecule has 3 nitrogen and oxygen atoms in total. The molecule has 20 heavy (non-hydrogen) atoms. The second kappa shape index (κ2) is 7.31. The van der Waals surface area contributed by atoms with Gasteiger partial charge < -0.3 is 5.73 Å². The maximum Gasteiger partial charge on any atom is 0.0515 e. The summed E-state index contributed by atoms with van der Waals surface area (Å²) in [5, 5.41) is 2.11. The van der Waals surface area contributed by atoms with Gasteiger partial charge in [-0.05, 0) is 47.1 Å². The molecule has 0 aromatic carbocycles. The zero-order valence-corrected chi connectivity index (χ0v) is 14.2. The molecule has 0 bridgehead atoms. The number of aromatic nitrogens is 1. The van der Waals surface area contributed by atoms with Gasteiger partial charge in [-0.15, -0.1) is 11.3 Å². The third kappa shape index (κ3) is 3.88. The van der Waals surface area contributed by atoms with Gasteiger partial charge in [-0.25, -0.2) is 0 Å². The van der Waals surface area contributed by atoms with Crippen LogP contribution in [-0.2, 0) is 6.54 Å². The first-order chi connectivity index (χ1) is 9.61. The number of rotatable bonds is 6. The summed E-state index contributed by atoms with van der Waals surface area (Å²) in [6.45, 7) is 3.02. The van der Waals surface area contributed by atoms with E-state index in [1.54, 1.807) is 17.5 Å². The van der Waals surface area contributed by atoms with Crippen molar-refractivity contribution >= 4 is 27.3 Å². The molecule has 5 heteroatoms. The quantitative estimate of drug-likeness (QED) is 0.858. The second-order valence-electron chi connectivity index (χ2n) is 4.95. The van der Waals surface area contributed by atoms with Crippen LogP contribution in [0.3, 0.4) is 0 Å². The van der Waals surface area contributed by atoms with Crippen LogP contribution in [0, 0.1) is 0 Å². The Morgan fingerprint density at radius 1 is 1.50 bits per heavy atom. The second-order valence-corrected chi connectivity index (χ2v) is 6.86. The standard InChI is InChI=1S/C15H20BrN3S/c1-3-14(17)15(11-5-4-6-18-8-11)19(2)9-13-7-12(16)10-20-13/h4-8,10,14-15H,3,9,17H2,1-2H3. The number of thiophene rings is 1. The molecule has 2 aromatic rings. The SMILES string of the molecule is CCC(N)C(c1cccnc1)N(C)Cc1cc(Br)cs1. The van der Waals surface area contributed by atoms with Gasteiger partial charge in [0.15, 0.2) is 0 Å². The van der Waals surface area contributed by atoms with E-state index in [4.69, 9.17) is 5.73 Å². The highest BCUT2D eigenvalue weighted by atomic mass is 79.9. The zero-order chi connectivity index (χ0) is 14.5. The first-order valence-electron chi connectivity index (χ1n) is 6.70. The molecule has 0 aliphatic heterocycles. The van der Waals surface area contributed by atoms with Crippen molar-refractivity contribution in [2.75, 3.05) is 7.05 Å². The first kappa shape index (κ1) is 15.6. The van der Waals surface area contributed by atoms with E-state index in [1.807, 2.05) is 12.3 Å². The molecule has 2 unspecified atom stereocenters. The summed E-state index contributed by atoms with van der Waals surface area (Å²) >= 11 is 5.27. The molecule has 0 aliphatic carbocycles. The van der Waals surface area contributed by atoms with Crippen LogP contribution in [0.25, 0.3) is 0 Å². The molecule has 108 valence electrons. The molecule has 0 saturated heterocycles. The van der Waals surface area contributed by atoms with E-state index in [-0.39, 0.29) is 12.1 Å². The molecule has 0 spiro atoms. The molecule has 0 radical (unpaired) electrons. The summed E-state index contributed by atoms with van der Waals surface area (Å²) in [6.07, 6.45) is 4.66. The molecule has 2 rings (SSSR count). The maximum absolute atomic E-state index is 6.33. The molecule has 0 saturated carbocycles. The highest BCUT2D eigenvalue weighted by Gasteiger charge is 2.23. The topological polar surface area (TPSA) is 42.1 Å². The van der Waals surface area contributed by atoms with Gasteiger partial charge in [-0.1, -0.05) is 13.0 Å². The normalized spacial score (nSPS) is 14.4. The van der Waals surface area contributed by atoms with Crippen molar-refractivity contribution in [2.45, 2.75) is 32.0 Å². The van der Waals surface area contributed by atoms with Crippen LogP contribution in [0.4, 0.5) is 0 Å². The number of hydrogen-bond donors (Lipinski definition) is 1. The van der Waals surface area contributed by atoms with Gasteiger partial charge in [0.1, 0.15) is 0 Å². The number of likely N-dealkylation sites (N-methyl/N-ethyl adjacent to an activating group) is 1. The van der Waals surface area contributed by atoms with Gasteiger partial charge >= 0.3 is 0 Å². The van der Waals surface area contributed by atoms with E-state index >= 15 is 0 Å². The summed E-state index contributed by atoms with van der Waals surface area (Å²) in [7, 11) is 2.13. The Morgan fingerprint density at radius 2 is 2.30 bits per heavy atom. The summed E-state index contributed by atoms with van der Waals surface area (Å²) in [6, 6.07) is 6.54. The van der Waals surface area contributed by atoms with Crippen molar-refractivity contribution in [1.82, 2.24) is 9.88 Å². The molecule has 0 aliphatic rings. The van der Waals surface area contributed by atoms with Crippen molar-refractivity contribution in [3.8, 4) is 0 Å². The van der Waals surface area contributed by atoms with Crippen molar-refractivity contribution in [3.05, 3.63) is 50.9 Å². The van der Waals surface area contributed by atoms with Crippen LogP contribution >= 0.6 is 27.3 Å². The Morgan fingerprint density at radius 3 is 2.85 bits per heavy atom. The van der Waals surface area contributed by atoms with Crippen molar-refractivity contribution in [2.24, 2.45) is 5.73 Å². The smallest absolute Gasteiger partial charge is 0.0515 e. The zero-order valence-electron chi connectivity index (χ0n) is 11.8. The predicted octanol–water partition coefficient (Wildman–Crippen LogP) is 3.82. The molecule has 0 amide bonds. The van der Waals surface area contributed by atoms with Gasteiger partial charge in [0.05, 0.1) is 6.04 Å². The summed E-state index contributed by atoms with van der Waals surface area (Å²) in [4.78, 5) is 7.87.